The summed E-state index contributed by atoms with van der Waals surface area (Å²) < 4.78 is 33.7. The van der Waals surface area contributed by atoms with Crippen LogP contribution < -0.4 is 4.72 Å². The van der Waals surface area contributed by atoms with Gasteiger partial charge in [0.05, 0.1) is 17.6 Å². The highest BCUT2D eigenvalue weighted by Gasteiger charge is 2.21. The predicted octanol–water partition coefficient (Wildman–Crippen LogP) is 4.00. The lowest BCUT2D eigenvalue weighted by Crippen LogP contribution is -2.38. The molecule has 27 heavy (non-hydrogen) atoms. The Bertz CT molecular complexity index is 846. The van der Waals surface area contributed by atoms with Crippen molar-refractivity contribution in [2.75, 3.05) is 31.0 Å². The first-order valence-electron chi connectivity index (χ1n) is 9.45. The van der Waals surface area contributed by atoms with Gasteiger partial charge in [-0.3, -0.25) is 9.62 Å². The van der Waals surface area contributed by atoms with Crippen LogP contribution >= 0.6 is 0 Å². The van der Waals surface area contributed by atoms with Crippen LogP contribution in [-0.2, 0) is 14.8 Å². The molecule has 1 saturated heterocycles. The van der Waals surface area contributed by atoms with Gasteiger partial charge >= 0.3 is 0 Å². The van der Waals surface area contributed by atoms with Crippen molar-refractivity contribution in [3.63, 3.8) is 0 Å². The zero-order chi connectivity index (χ0) is 19.4. The van der Waals surface area contributed by atoms with E-state index in [1.807, 2.05) is 24.3 Å². The summed E-state index contributed by atoms with van der Waals surface area (Å²) in [6.45, 7) is 9.86. The van der Waals surface area contributed by atoms with Gasteiger partial charge in [-0.1, -0.05) is 45.0 Å². The van der Waals surface area contributed by atoms with Gasteiger partial charge in [0, 0.05) is 18.8 Å². The molecule has 1 unspecified atom stereocenters. The van der Waals surface area contributed by atoms with Crippen LogP contribution in [0.1, 0.15) is 43.9 Å². The van der Waals surface area contributed by atoms with Crippen LogP contribution in [0.25, 0.3) is 0 Å². The summed E-state index contributed by atoms with van der Waals surface area (Å²) in [7, 11) is -3.60. The van der Waals surface area contributed by atoms with Crippen molar-refractivity contribution in [1.82, 2.24) is 4.90 Å². The maximum Gasteiger partial charge on any atom is 0.261 e. The Balaban J connectivity index is 1.70. The summed E-state index contributed by atoms with van der Waals surface area (Å²) in [5, 5.41) is 0. The zero-order valence-electron chi connectivity index (χ0n) is 16.2. The topological polar surface area (TPSA) is 58.6 Å². The van der Waals surface area contributed by atoms with E-state index in [1.54, 1.807) is 24.3 Å². The smallest absolute Gasteiger partial charge is 0.261 e. The van der Waals surface area contributed by atoms with Gasteiger partial charge in [-0.25, -0.2) is 8.42 Å². The Morgan fingerprint density at radius 2 is 1.78 bits per heavy atom. The quantitative estimate of drug-likeness (QED) is 0.812. The normalized spacial score (nSPS) is 18.6. The third-order valence-corrected chi connectivity index (χ3v) is 6.39. The zero-order valence-corrected chi connectivity index (χ0v) is 17.0. The first-order valence-corrected chi connectivity index (χ1v) is 10.9. The molecule has 0 aliphatic carbocycles. The number of anilines is 1. The Kier molecular flexibility index (Phi) is 6.19. The van der Waals surface area contributed by atoms with Gasteiger partial charge in [0.2, 0.25) is 0 Å². The number of morpholine rings is 1. The average molecular weight is 389 g/mol. The summed E-state index contributed by atoms with van der Waals surface area (Å²) in [6, 6.07) is 14.5. The van der Waals surface area contributed by atoms with Crippen LogP contribution in [0.4, 0.5) is 5.69 Å². The van der Waals surface area contributed by atoms with Gasteiger partial charge in [0.25, 0.3) is 10.0 Å². The van der Waals surface area contributed by atoms with Gasteiger partial charge in [0.1, 0.15) is 0 Å². The van der Waals surface area contributed by atoms with Crippen molar-refractivity contribution in [3.05, 3.63) is 59.7 Å². The Morgan fingerprint density at radius 3 is 2.37 bits per heavy atom. The minimum Gasteiger partial charge on any atom is -0.371 e. The van der Waals surface area contributed by atoms with E-state index in [-0.39, 0.29) is 11.0 Å². The van der Waals surface area contributed by atoms with Crippen molar-refractivity contribution in [2.45, 2.75) is 37.7 Å². The fraction of sp³-hybridized carbons (Fsp3) is 0.429. The van der Waals surface area contributed by atoms with E-state index >= 15 is 0 Å². The Labute approximate surface area is 162 Å². The molecule has 0 saturated carbocycles. The maximum absolute atomic E-state index is 12.6. The lowest BCUT2D eigenvalue weighted by atomic mass is 10.0. The van der Waals surface area contributed by atoms with E-state index in [0.29, 0.717) is 11.6 Å². The molecule has 5 nitrogen and oxygen atoms in total. The van der Waals surface area contributed by atoms with Crippen molar-refractivity contribution >= 4 is 15.7 Å². The highest BCUT2D eigenvalue weighted by molar-refractivity contribution is 7.92. The van der Waals surface area contributed by atoms with Crippen molar-refractivity contribution in [2.24, 2.45) is 0 Å². The molecule has 2 aromatic carbocycles. The average Bonchev–Trinajstić information content (AvgIpc) is 2.68. The van der Waals surface area contributed by atoms with E-state index in [4.69, 9.17) is 4.74 Å². The van der Waals surface area contributed by atoms with Crippen LogP contribution in [0.3, 0.4) is 0 Å². The van der Waals surface area contributed by atoms with E-state index in [1.165, 1.54) is 0 Å². The molecule has 0 bridgehead atoms. The molecule has 0 radical (unpaired) electrons. The predicted molar refractivity (Wildman–Crippen MR) is 109 cm³/mol. The number of benzene rings is 2. The Hall–Kier alpha value is -1.89. The molecule has 1 atom stereocenters. The van der Waals surface area contributed by atoms with Gasteiger partial charge in [-0.15, -0.1) is 0 Å². The van der Waals surface area contributed by atoms with Gasteiger partial charge in [-0.2, -0.15) is 0 Å². The summed E-state index contributed by atoms with van der Waals surface area (Å²) in [4.78, 5) is 2.62. The van der Waals surface area contributed by atoms with Crippen LogP contribution in [0, 0.1) is 0 Å². The second-order valence-corrected chi connectivity index (χ2v) is 8.89. The molecule has 1 fully saturated rings. The number of ether oxygens (including phenoxy) is 1. The summed E-state index contributed by atoms with van der Waals surface area (Å²) in [5.41, 5.74) is 2.74. The van der Waals surface area contributed by atoms with Gasteiger partial charge in [0.15, 0.2) is 0 Å². The molecule has 6 heteroatoms. The monoisotopic (exact) mass is 388 g/mol. The molecule has 0 spiro atoms. The summed E-state index contributed by atoms with van der Waals surface area (Å²) in [5.74, 6) is 0.368. The SMILES string of the molecule is CCN1CCOC(c2ccc(NS(=O)(=O)c3ccc(C(C)C)cc3)cc2)C1. The number of hydrogen-bond acceptors (Lipinski definition) is 4. The first-order chi connectivity index (χ1) is 12.9. The highest BCUT2D eigenvalue weighted by atomic mass is 32.2. The largest absolute Gasteiger partial charge is 0.371 e. The molecule has 1 aliphatic heterocycles. The molecule has 1 N–H and O–H groups in total. The molecule has 1 aliphatic rings. The van der Waals surface area contributed by atoms with E-state index < -0.39 is 10.0 Å². The molecule has 0 amide bonds. The third kappa shape index (κ3) is 4.89. The van der Waals surface area contributed by atoms with Crippen molar-refractivity contribution in [1.29, 1.82) is 0 Å². The van der Waals surface area contributed by atoms with Crippen molar-refractivity contribution in [3.8, 4) is 0 Å². The van der Waals surface area contributed by atoms with Crippen LogP contribution in [0.15, 0.2) is 53.4 Å². The summed E-state index contributed by atoms with van der Waals surface area (Å²) in [6.07, 6.45) is 0.0351. The third-order valence-electron chi connectivity index (χ3n) is 4.99. The minimum atomic E-state index is -3.60. The van der Waals surface area contributed by atoms with Crippen LogP contribution in [0.5, 0.6) is 0 Å². The Morgan fingerprint density at radius 1 is 1.11 bits per heavy atom. The summed E-state index contributed by atoms with van der Waals surface area (Å²) >= 11 is 0. The second kappa shape index (κ2) is 8.42. The van der Waals surface area contributed by atoms with E-state index in [0.717, 1.165) is 37.4 Å². The number of nitrogens with zero attached hydrogens (tertiary/aromatic N) is 1. The lowest BCUT2D eigenvalue weighted by Gasteiger charge is -2.32. The fourth-order valence-corrected chi connectivity index (χ4v) is 4.26. The molecule has 146 valence electrons. The number of nitrogens with one attached hydrogen (secondary N) is 1. The minimum absolute atomic E-state index is 0.0351. The van der Waals surface area contributed by atoms with E-state index in [9.17, 15) is 8.42 Å². The highest BCUT2D eigenvalue weighted by Crippen LogP contribution is 2.25. The number of hydrogen-bond donors (Lipinski definition) is 1. The van der Waals surface area contributed by atoms with E-state index in [2.05, 4.69) is 30.4 Å². The molecule has 3 rings (SSSR count). The lowest BCUT2D eigenvalue weighted by molar-refractivity contribution is -0.0281. The fourth-order valence-electron chi connectivity index (χ4n) is 3.20. The molecule has 2 aromatic rings. The van der Waals surface area contributed by atoms with Crippen LogP contribution in [0.2, 0.25) is 0 Å². The first kappa shape index (κ1) is 19.9. The number of rotatable bonds is 6. The standard InChI is InChI=1S/C21H28N2O3S/c1-4-23-13-14-26-21(15-23)18-5-9-19(10-6-18)22-27(24,25)20-11-7-17(8-12-20)16(2)3/h5-12,16,21-22H,4,13-15H2,1-3H3. The molecular weight excluding hydrogens is 360 g/mol. The van der Waals surface area contributed by atoms with Crippen LogP contribution in [-0.4, -0.2) is 39.6 Å². The molecule has 1 heterocycles. The maximum atomic E-state index is 12.6. The van der Waals surface area contributed by atoms with Gasteiger partial charge < -0.3 is 4.74 Å². The van der Waals surface area contributed by atoms with Gasteiger partial charge in [-0.05, 0) is 47.9 Å². The van der Waals surface area contributed by atoms with Crippen molar-refractivity contribution < 1.29 is 13.2 Å². The molecule has 0 aromatic heterocycles. The second-order valence-electron chi connectivity index (χ2n) is 7.20. The number of sulfonamides is 1. The molecular formula is C21H28N2O3S. The number of likely N-dealkylation sites (N-methyl/N-ethyl adjacent to an activating group) is 1.